The summed E-state index contributed by atoms with van der Waals surface area (Å²) < 4.78 is 3.76. The zero-order chi connectivity index (χ0) is 16.3. The van der Waals surface area contributed by atoms with Gasteiger partial charge in [-0.3, -0.25) is 4.99 Å². The average molecular weight is 472 g/mol. The van der Waals surface area contributed by atoms with Crippen LogP contribution in [0.5, 0.6) is 0 Å². The molecule has 0 radical (unpaired) electrons. The number of hydrogen-bond acceptors (Lipinski definition) is 3. The number of nitrogens with one attached hydrogen (secondary N) is 2. The van der Waals surface area contributed by atoms with E-state index in [4.69, 9.17) is 23.2 Å². The normalized spacial score (nSPS) is 11.3. The third-order valence-electron chi connectivity index (χ3n) is 3.47. The fraction of sp³-hybridized carbons (Fsp3) is 0.462. The van der Waals surface area contributed by atoms with E-state index in [2.05, 4.69) is 25.8 Å². The standard InChI is InChI=1S/C13H19Cl2N7.HI/c1-8-19-20-11(21(8)3)7-18-13(16-2)17-6-9-5-10(14)12(15)22(9)4;/h5H,6-7H2,1-4H3,(H2,16,17,18);1H. The summed E-state index contributed by atoms with van der Waals surface area (Å²) in [6, 6.07) is 1.83. The third-order valence-corrected chi connectivity index (χ3v) is 4.31. The SMILES string of the molecule is CN=C(NCc1cc(Cl)c(Cl)n1C)NCc1nnc(C)n1C.I. The van der Waals surface area contributed by atoms with E-state index >= 15 is 0 Å². The number of aryl methyl sites for hydroxylation is 1. The van der Waals surface area contributed by atoms with Gasteiger partial charge in [0.1, 0.15) is 11.0 Å². The third kappa shape index (κ3) is 4.74. The first-order chi connectivity index (χ1) is 10.4. The maximum atomic E-state index is 6.05. The molecule has 23 heavy (non-hydrogen) atoms. The van der Waals surface area contributed by atoms with Gasteiger partial charge in [-0.15, -0.1) is 34.2 Å². The van der Waals surface area contributed by atoms with Crippen LogP contribution in [0.2, 0.25) is 10.2 Å². The fourth-order valence-corrected chi connectivity index (χ4v) is 2.34. The van der Waals surface area contributed by atoms with Gasteiger partial charge in [0.15, 0.2) is 11.8 Å². The second-order valence-corrected chi connectivity index (χ2v) is 5.60. The topological polar surface area (TPSA) is 72.1 Å². The molecule has 2 rings (SSSR count). The molecule has 2 aromatic heterocycles. The highest BCUT2D eigenvalue weighted by molar-refractivity contribution is 14.0. The van der Waals surface area contributed by atoms with E-state index in [0.29, 0.717) is 29.2 Å². The van der Waals surface area contributed by atoms with Crippen LogP contribution in [-0.4, -0.2) is 32.3 Å². The second kappa shape index (κ2) is 8.74. The molecule has 0 atom stereocenters. The molecule has 2 N–H and O–H groups in total. The molecular weight excluding hydrogens is 452 g/mol. The Morgan fingerprint density at radius 1 is 1.17 bits per heavy atom. The summed E-state index contributed by atoms with van der Waals surface area (Å²) in [5.41, 5.74) is 0.965. The molecule has 0 bridgehead atoms. The van der Waals surface area contributed by atoms with Crippen molar-refractivity contribution in [3.05, 3.63) is 33.6 Å². The minimum atomic E-state index is 0. The molecular formula is C13H20Cl2IN7. The maximum absolute atomic E-state index is 6.05. The number of aromatic nitrogens is 4. The summed E-state index contributed by atoms with van der Waals surface area (Å²) in [5, 5.41) is 15.6. The van der Waals surface area contributed by atoms with Crippen LogP contribution in [-0.2, 0) is 27.2 Å². The van der Waals surface area contributed by atoms with Gasteiger partial charge in [0.2, 0.25) is 0 Å². The van der Waals surface area contributed by atoms with Crippen LogP contribution in [0.25, 0.3) is 0 Å². The van der Waals surface area contributed by atoms with Gasteiger partial charge in [-0.25, -0.2) is 0 Å². The minimum absolute atomic E-state index is 0. The van der Waals surface area contributed by atoms with Crippen LogP contribution >= 0.6 is 47.2 Å². The molecule has 0 unspecified atom stereocenters. The first kappa shape index (κ1) is 20.0. The molecule has 7 nitrogen and oxygen atoms in total. The van der Waals surface area contributed by atoms with Crippen molar-refractivity contribution in [2.45, 2.75) is 20.0 Å². The molecule has 0 amide bonds. The molecule has 128 valence electrons. The summed E-state index contributed by atoms with van der Waals surface area (Å²) in [6.45, 7) is 3.00. The molecule has 0 spiro atoms. The highest BCUT2D eigenvalue weighted by Gasteiger charge is 2.10. The van der Waals surface area contributed by atoms with E-state index in [9.17, 15) is 0 Å². The Labute approximate surface area is 162 Å². The summed E-state index contributed by atoms with van der Waals surface area (Å²) >= 11 is 12.0. The van der Waals surface area contributed by atoms with Crippen LogP contribution in [0, 0.1) is 6.92 Å². The number of halogens is 3. The highest BCUT2D eigenvalue weighted by atomic mass is 127. The van der Waals surface area contributed by atoms with Gasteiger partial charge in [0, 0.05) is 26.8 Å². The number of rotatable bonds is 4. The summed E-state index contributed by atoms with van der Waals surface area (Å²) in [5.74, 6) is 2.37. The molecule has 0 saturated carbocycles. The Hall–Kier alpha value is -1.000. The van der Waals surface area contributed by atoms with Crippen LogP contribution in [0.15, 0.2) is 11.1 Å². The zero-order valence-corrected chi connectivity index (χ0v) is 17.2. The van der Waals surface area contributed by atoms with Crippen molar-refractivity contribution < 1.29 is 0 Å². The van der Waals surface area contributed by atoms with Gasteiger partial charge in [-0.05, 0) is 13.0 Å². The van der Waals surface area contributed by atoms with Gasteiger partial charge in [-0.2, -0.15) is 0 Å². The molecule has 0 aliphatic carbocycles. The molecule has 0 saturated heterocycles. The van der Waals surface area contributed by atoms with Gasteiger partial charge in [0.25, 0.3) is 0 Å². The van der Waals surface area contributed by atoms with Crippen molar-refractivity contribution in [2.75, 3.05) is 7.05 Å². The number of hydrogen-bond donors (Lipinski definition) is 2. The summed E-state index contributed by atoms with van der Waals surface area (Å²) in [6.07, 6.45) is 0. The molecule has 0 aliphatic heterocycles. The molecule has 10 heteroatoms. The van der Waals surface area contributed by atoms with Crippen LogP contribution in [0.4, 0.5) is 0 Å². The van der Waals surface area contributed by atoms with Crippen molar-refractivity contribution >= 4 is 53.1 Å². The number of nitrogens with zero attached hydrogens (tertiary/aromatic N) is 5. The monoisotopic (exact) mass is 471 g/mol. The van der Waals surface area contributed by atoms with Gasteiger partial charge >= 0.3 is 0 Å². The molecule has 0 aliphatic rings. The molecule has 2 heterocycles. The minimum Gasteiger partial charge on any atom is -0.351 e. The lowest BCUT2D eigenvalue weighted by Crippen LogP contribution is -2.37. The zero-order valence-electron chi connectivity index (χ0n) is 13.4. The first-order valence-corrected chi connectivity index (χ1v) is 7.48. The Bertz CT molecular complexity index is 693. The Kier molecular flexibility index (Phi) is 7.62. The van der Waals surface area contributed by atoms with E-state index in [1.807, 2.05) is 36.2 Å². The quantitative estimate of drug-likeness (QED) is 0.407. The lowest BCUT2D eigenvalue weighted by Gasteiger charge is -2.12. The Balaban J connectivity index is 0.00000264. The average Bonchev–Trinajstić information content (AvgIpc) is 2.95. The highest BCUT2D eigenvalue weighted by Crippen LogP contribution is 2.24. The molecule has 0 aromatic carbocycles. The predicted molar refractivity (Wildman–Crippen MR) is 104 cm³/mol. The van der Waals surface area contributed by atoms with Crippen molar-refractivity contribution in [3.63, 3.8) is 0 Å². The maximum Gasteiger partial charge on any atom is 0.191 e. The van der Waals surface area contributed by atoms with Crippen LogP contribution in [0.1, 0.15) is 17.3 Å². The Morgan fingerprint density at radius 2 is 1.83 bits per heavy atom. The van der Waals surface area contributed by atoms with E-state index in [0.717, 1.165) is 17.3 Å². The first-order valence-electron chi connectivity index (χ1n) is 6.73. The Morgan fingerprint density at radius 3 is 2.30 bits per heavy atom. The summed E-state index contributed by atoms with van der Waals surface area (Å²) in [4.78, 5) is 4.18. The van der Waals surface area contributed by atoms with Crippen LogP contribution in [0.3, 0.4) is 0 Å². The van der Waals surface area contributed by atoms with Crippen molar-refractivity contribution in [1.82, 2.24) is 30.0 Å². The van der Waals surface area contributed by atoms with Crippen LogP contribution < -0.4 is 10.6 Å². The lowest BCUT2D eigenvalue weighted by molar-refractivity contribution is 0.707. The number of guanidine groups is 1. The van der Waals surface area contributed by atoms with E-state index in [1.54, 1.807) is 7.05 Å². The smallest absolute Gasteiger partial charge is 0.191 e. The lowest BCUT2D eigenvalue weighted by atomic mass is 10.4. The van der Waals surface area contributed by atoms with Gasteiger partial charge in [0.05, 0.1) is 18.1 Å². The van der Waals surface area contributed by atoms with E-state index in [1.165, 1.54) is 0 Å². The van der Waals surface area contributed by atoms with Crippen molar-refractivity contribution in [1.29, 1.82) is 0 Å². The summed E-state index contributed by atoms with van der Waals surface area (Å²) in [7, 11) is 5.50. The predicted octanol–water partition coefficient (Wildman–Crippen LogP) is 2.25. The number of aliphatic imine (C=N–C) groups is 1. The fourth-order valence-electron chi connectivity index (χ4n) is 1.92. The van der Waals surface area contributed by atoms with E-state index < -0.39 is 0 Å². The van der Waals surface area contributed by atoms with Crippen molar-refractivity contribution in [2.24, 2.45) is 19.1 Å². The molecule has 0 fully saturated rings. The van der Waals surface area contributed by atoms with Gasteiger partial charge < -0.3 is 19.8 Å². The molecule has 2 aromatic rings. The largest absolute Gasteiger partial charge is 0.351 e. The van der Waals surface area contributed by atoms with Crippen molar-refractivity contribution in [3.8, 4) is 0 Å². The van der Waals surface area contributed by atoms with Gasteiger partial charge in [-0.1, -0.05) is 23.2 Å². The second-order valence-electron chi connectivity index (χ2n) is 4.84. The van der Waals surface area contributed by atoms with E-state index in [-0.39, 0.29) is 24.0 Å².